The molecule has 0 saturated carbocycles. The molecular formula is C13H19N3O2. The van der Waals surface area contributed by atoms with E-state index in [2.05, 4.69) is 5.43 Å². The second-order valence-electron chi connectivity index (χ2n) is 4.64. The summed E-state index contributed by atoms with van der Waals surface area (Å²) in [5.74, 6) is 5.77. The van der Waals surface area contributed by atoms with Crippen molar-refractivity contribution in [2.24, 2.45) is 11.8 Å². The van der Waals surface area contributed by atoms with E-state index in [-0.39, 0.29) is 12.5 Å². The summed E-state index contributed by atoms with van der Waals surface area (Å²) < 4.78 is 0. The van der Waals surface area contributed by atoms with Crippen molar-refractivity contribution < 1.29 is 9.90 Å². The smallest absolute Gasteiger partial charge is 0.253 e. The Bertz CT molecular complexity index is 405. The molecule has 5 nitrogen and oxygen atoms in total. The molecule has 18 heavy (non-hydrogen) atoms. The molecule has 0 spiro atoms. The normalized spacial score (nSPS) is 19.0. The van der Waals surface area contributed by atoms with E-state index >= 15 is 0 Å². The maximum absolute atomic E-state index is 12.2. The molecule has 1 atom stereocenters. The number of hydrogen-bond acceptors (Lipinski definition) is 4. The maximum Gasteiger partial charge on any atom is 0.253 e. The van der Waals surface area contributed by atoms with Gasteiger partial charge in [-0.2, -0.15) is 0 Å². The van der Waals surface area contributed by atoms with Crippen molar-refractivity contribution in [2.45, 2.75) is 12.8 Å². The van der Waals surface area contributed by atoms with E-state index in [0.29, 0.717) is 11.5 Å². The van der Waals surface area contributed by atoms with Gasteiger partial charge in [0.25, 0.3) is 5.91 Å². The predicted octanol–water partition coefficient (Wildman–Crippen LogP) is 0.817. The maximum atomic E-state index is 12.2. The summed E-state index contributed by atoms with van der Waals surface area (Å²) in [7, 11) is 0. The third-order valence-electron chi connectivity index (χ3n) is 3.41. The molecule has 1 aromatic carbocycles. The van der Waals surface area contributed by atoms with Crippen LogP contribution >= 0.6 is 0 Å². The van der Waals surface area contributed by atoms with Crippen LogP contribution in [0.1, 0.15) is 23.2 Å². The lowest BCUT2D eigenvalue weighted by Gasteiger charge is -2.16. The molecule has 1 unspecified atom stereocenters. The van der Waals surface area contributed by atoms with Gasteiger partial charge in [-0.3, -0.25) is 10.6 Å². The van der Waals surface area contributed by atoms with Crippen LogP contribution in [-0.4, -0.2) is 35.6 Å². The number of nitrogens with two attached hydrogens (primary N) is 1. The number of likely N-dealkylation sites (tertiary alicyclic amines) is 1. The minimum atomic E-state index is 0.0546. The van der Waals surface area contributed by atoms with Crippen LogP contribution in [0.2, 0.25) is 0 Å². The zero-order valence-corrected chi connectivity index (χ0v) is 10.3. The number of carbonyl (C=O) groups excluding carboxylic acids is 1. The van der Waals surface area contributed by atoms with Gasteiger partial charge in [-0.1, -0.05) is 0 Å². The number of nitrogen functional groups attached to an aromatic ring is 1. The Morgan fingerprint density at radius 3 is 2.78 bits per heavy atom. The van der Waals surface area contributed by atoms with Crippen molar-refractivity contribution >= 4 is 11.6 Å². The highest BCUT2D eigenvalue weighted by Gasteiger charge is 2.26. The van der Waals surface area contributed by atoms with E-state index in [1.165, 1.54) is 0 Å². The zero-order chi connectivity index (χ0) is 13.0. The van der Waals surface area contributed by atoms with Crippen molar-refractivity contribution in [3.05, 3.63) is 29.8 Å². The van der Waals surface area contributed by atoms with E-state index in [1.807, 2.05) is 4.90 Å². The summed E-state index contributed by atoms with van der Waals surface area (Å²) >= 11 is 0. The van der Waals surface area contributed by atoms with E-state index in [9.17, 15) is 4.79 Å². The van der Waals surface area contributed by atoms with Gasteiger partial charge in [0.2, 0.25) is 0 Å². The number of hydrazine groups is 1. The van der Waals surface area contributed by atoms with Gasteiger partial charge >= 0.3 is 0 Å². The van der Waals surface area contributed by atoms with Crippen LogP contribution in [0.3, 0.4) is 0 Å². The highest BCUT2D eigenvalue weighted by molar-refractivity contribution is 5.94. The second kappa shape index (κ2) is 5.84. The van der Waals surface area contributed by atoms with E-state index in [4.69, 9.17) is 10.9 Å². The molecule has 0 bridgehead atoms. The Morgan fingerprint density at radius 2 is 2.17 bits per heavy atom. The third kappa shape index (κ3) is 2.80. The number of aliphatic hydroxyl groups excluding tert-OH is 1. The first-order valence-corrected chi connectivity index (χ1v) is 6.21. The van der Waals surface area contributed by atoms with Crippen LogP contribution < -0.4 is 11.3 Å². The van der Waals surface area contributed by atoms with Crippen LogP contribution in [0.5, 0.6) is 0 Å². The Kier molecular flexibility index (Phi) is 4.17. The molecule has 4 N–H and O–H groups in total. The Balaban J connectivity index is 1.98. The average Bonchev–Trinajstić information content (AvgIpc) is 2.87. The monoisotopic (exact) mass is 249 g/mol. The van der Waals surface area contributed by atoms with Gasteiger partial charge in [0.15, 0.2) is 0 Å². The summed E-state index contributed by atoms with van der Waals surface area (Å²) in [4.78, 5) is 14.1. The van der Waals surface area contributed by atoms with Gasteiger partial charge < -0.3 is 15.4 Å². The Labute approximate surface area is 107 Å². The minimum Gasteiger partial charge on any atom is -0.396 e. The zero-order valence-electron chi connectivity index (χ0n) is 10.3. The molecule has 1 amide bonds. The molecule has 1 fully saturated rings. The molecule has 0 aromatic heterocycles. The Hall–Kier alpha value is -1.59. The molecule has 5 heteroatoms. The first-order chi connectivity index (χ1) is 8.74. The van der Waals surface area contributed by atoms with Gasteiger partial charge in [-0.25, -0.2) is 0 Å². The van der Waals surface area contributed by atoms with E-state index < -0.39 is 0 Å². The number of rotatable bonds is 4. The van der Waals surface area contributed by atoms with Crippen molar-refractivity contribution in [2.75, 3.05) is 25.1 Å². The highest BCUT2D eigenvalue weighted by atomic mass is 16.3. The van der Waals surface area contributed by atoms with Crippen LogP contribution in [0, 0.1) is 5.92 Å². The third-order valence-corrected chi connectivity index (χ3v) is 3.41. The fraction of sp³-hybridized carbons (Fsp3) is 0.462. The first kappa shape index (κ1) is 12.9. The van der Waals surface area contributed by atoms with Crippen molar-refractivity contribution in [3.63, 3.8) is 0 Å². The summed E-state index contributed by atoms with van der Waals surface area (Å²) in [6.45, 7) is 1.72. The molecule has 1 aliphatic heterocycles. The van der Waals surface area contributed by atoms with E-state index in [0.717, 1.165) is 31.6 Å². The predicted molar refractivity (Wildman–Crippen MR) is 70.0 cm³/mol. The molecule has 0 aliphatic carbocycles. The molecule has 1 aliphatic rings. The lowest BCUT2D eigenvalue weighted by molar-refractivity contribution is 0.0785. The number of nitrogens with zero attached hydrogens (tertiary/aromatic N) is 1. The largest absolute Gasteiger partial charge is 0.396 e. The summed E-state index contributed by atoms with van der Waals surface area (Å²) in [6.07, 6.45) is 1.76. The van der Waals surface area contributed by atoms with Crippen LogP contribution in [0.4, 0.5) is 5.69 Å². The second-order valence-corrected chi connectivity index (χ2v) is 4.64. The van der Waals surface area contributed by atoms with Gasteiger partial charge in [0, 0.05) is 30.9 Å². The summed E-state index contributed by atoms with van der Waals surface area (Å²) in [5, 5.41) is 8.90. The van der Waals surface area contributed by atoms with Gasteiger partial charge in [0.05, 0.1) is 0 Å². The standard InChI is InChI=1S/C13H19N3O2/c14-15-12-3-1-11(2-4-12)13(18)16-7-5-10(9-16)6-8-17/h1-4,10,15,17H,5-9,14H2. The van der Waals surface area contributed by atoms with Crippen LogP contribution in [0.25, 0.3) is 0 Å². The summed E-state index contributed by atoms with van der Waals surface area (Å²) in [5.41, 5.74) is 4.00. The Morgan fingerprint density at radius 1 is 1.44 bits per heavy atom. The van der Waals surface area contributed by atoms with Gasteiger partial charge in [-0.05, 0) is 43.0 Å². The average molecular weight is 249 g/mol. The summed E-state index contributed by atoms with van der Waals surface area (Å²) in [6, 6.07) is 7.12. The van der Waals surface area contributed by atoms with Gasteiger partial charge in [0.1, 0.15) is 0 Å². The first-order valence-electron chi connectivity index (χ1n) is 6.21. The SMILES string of the molecule is NNc1ccc(C(=O)N2CCC(CCO)C2)cc1. The van der Waals surface area contributed by atoms with E-state index in [1.54, 1.807) is 24.3 Å². The van der Waals surface area contributed by atoms with Crippen molar-refractivity contribution in [3.8, 4) is 0 Å². The topological polar surface area (TPSA) is 78.6 Å². The number of carbonyl (C=O) groups is 1. The number of hydrogen-bond donors (Lipinski definition) is 3. The fourth-order valence-electron chi connectivity index (χ4n) is 2.33. The molecule has 1 heterocycles. The molecule has 98 valence electrons. The van der Waals surface area contributed by atoms with Crippen molar-refractivity contribution in [1.29, 1.82) is 0 Å². The number of nitrogens with one attached hydrogen (secondary N) is 1. The lowest BCUT2D eigenvalue weighted by Crippen LogP contribution is -2.28. The molecule has 1 aromatic rings. The van der Waals surface area contributed by atoms with Crippen LogP contribution in [0.15, 0.2) is 24.3 Å². The minimum absolute atomic E-state index is 0.0546. The number of anilines is 1. The highest BCUT2D eigenvalue weighted by Crippen LogP contribution is 2.21. The fourth-order valence-corrected chi connectivity index (χ4v) is 2.33. The molecule has 1 saturated heterocycles. The quantitative estimate of drug-likeness (QED) is 0.545. The van der Waals surface area contributed by atoms with Crippen LogP contribution in [-0.2, 0) is 0 Å². The number of aliphatic hydroxyl groups is 1. The van der Waals surface area contributed by atoms with Crippen molar-refractivity contribution in [1.82, 2.24) is 4.90 Å². The molecular weight excluding hydrogens is 230 g/mol. The number of amides is 1. The van der Waals surface area contributed by atoms with Gasteiger partial charge in [-0.15, -0.1) is 0 Å². The molecule has 0 radical (unpaired) electrons. The number of benzene rings is 1. The lowest BCUT2D eigenvalue weighted by atomic mass is 10.1. The molecule has 2 rings (SSSR count).